The predicted octanol–water partition coefficient (Wildman–Crippen LogP) is 25.8. The molecule has 0 unspecified atom stereocenters. The highest BCUT2D eigenvalue weighted by Gasteiger charge is 2.20. The summed E-state index contributed by atoms with van der Waals surface area (Å²) in [6.07, 6.45) is 13.1. The summed E-state index contributed by atoms with van der Waals surface area (Å²) in [6, 6.07) is 121. The SMILES string of the molecule is c1cc(-c2cc(-c3ccncc3)nc(-c3ccncc3)c2)cc(-c2ccc3c(c2)ncc2ccccc23)c1.c1ccc(-c2nc(-c3cccc(-c4ccc5c(c4)ncc4ccccc45)c3)nc3c2sc2ccccc23)cc1.c1ccc(-n2c(-c3cccc(-c4ccc5c(c4)ncc4ccccc45)c3)nc3ccccc32)cc1. The van der Waals surface area contributed by atoms with Gasteiger partial charge in [0.2, 0.25) is 0 Å². The third kappa shape index (κ3) is 12.8. The van der Waals surface area contributed by atoms with Crippen LogP contribution in [0, 0.1) is 0 Å². The number of fused-ring (bicyclic) bond motifs is 13. The smallest absolute Gasteiger partial charge is 0.160 e. The average Bonchev–Trinajstić information content (AvgIpc) is 1.51. The highest BCUT2D eigenvalue weighted by atomic mass is 32.1. The Kier molecular flexibility index (Phi) is 17.2. The molecule has 112 heavy (non-hydrogen) atoms. The molecule has 13 aromatic carbocycles. The summed E-state index contributed by atoms with van der Waals surface area (Å²) in [5, 5.41) is 11.8. The van der Waals surface area contributed by atoms with Gasteiger partial charge in [-0.25, -0.2) is 19.9 Å². The summed E-state index contributed by atoms with van der Waals surface area (Å²) in [4.78, 5) is 42.9. The Balaban J connectivity index is 0.000000110. The first-order valence-electron chi connectivity index (χ1n) is 37.2. The fourth-order valence-electron chi connectivity index (χ4n) is 15.3. The van der Waals surface area contributed by atoms with Crippen LogP contribution in [0.4, 0.5) is 0 Å². The lowest BCUT2D eigenvalue weighted by atomic mass is 9.96. The van der Waals surface area contributed by atoms with Crippen LogP contribution in [-0.2, 0) is 0 Å². The van der Waals surface area contributed by atoms with Gasteiger partial charge in [-0.05, 0) is 164 Å². The molecule has 0 saturated carbocycles. The first kappa shape index (κ1) is 66.5. The highest BCUT2D eigenvalue weighted by molar-refractivity contribution is 7.26. The van der Waals surface area contributed by atoms with E-state index in [0.717, 1.165) is 161 Å². The van der Waals surface area contributed by atoms with Gasteiger partial charge in [-0.3, -0.25) is 29.5 Å². The average molecular weight is 1450 g/mol. The lowest BCUT2D eigenvalue weighted by Crippen LogP contribution is -1.97. The Morgan fingerprint density at radius 1 is 0.250 bits per heavy atom. The molecule has 0 fully saturated rings. The van der Waals surface area contributed by atoms with Crippen LogP contribution in [0.3, 0.4) is 0 Å². The van der Waals surface area contributed by atoms with E-state index in [1.807, 2.05) is 61.1 Å². The number of pyridine rings is 6. The Hall–Kier alpha value is -14.9. The van der Waals surface area contributed by atoms with Crippen LogP contribution in [0.1, 0.15) is 0 Å². The van der Waals surface area contributed by atoms with Crippen molar-refractivity contribution < 1.29 is 0 Å². The molecule has 11 heteroatoms. The van der Waals surface area contributed by atoms with Crippen LogP contribution in [0.2, 0.25) is 0 Å². The van der Waals surface area contributed by atoms with Crippen LogP contribution in [0.25, 0.3) is 203 Å². The number of hydrogen-bond acceptors (Lipinski definition) is 10. The van der Waals surface area contributed by atoms with Crippen molar-refractivity contribution in [2.75, 3.05) is 0 Å². The monoisotopic (exact) mass is 1450 g/mol. The second-order valence-electron chi connectivity index (χ2n) is 27.7. The number of hydrogen-bond donors (Lipinski definition) is 0. The predicted molar refractivity (Wildman–Crippen MR) is 463 cm³/mol. The molecule has 0 radical (unpaired) electrons. The molecule has 524 valence electrons. The normalized spacial score (nSPS) is 11.4. The number of benzene rings is 13. The number of nitrogens with zero attached hydrogens (tertiary/aromatic N) is 10. The Bertz CT molecular complexity index is 7280. The van der Waals surface area contributed by atoms with Gasteiger partial charge in [-0.1, -0.05) is 243 Å². The van der Waals surface area contributed by atoms with Gasteiger partial charge in [0.05, 0.1) is 54.9 Å². The van der Waals surface area contributed by atoms with Gasteiger partial charge in [-0.2, -0.15) is 0 Å². The van der Waals surface area contributed by atoms with E-state index in [-0.39, 0.29) is 0 Å². The van der Waals surface area contributed by atoms with Crippen LogP contribution in [0.15, 0.2) is 389 Å². The maximum Gasteiger partial charge on any atom is 0.160 e. The van der Waals surface area contributed by atoms with E-state index < -0.39 is 0 Å². The summed E-state index contributed by atoms with van der Waals surface area (Å²) < 4.78 is 4.58. The van der Waals surface area contributed by atoms with E-state index >= 15 is 0 Å². The number of rotatable bonds is 10. The molecular weight excluding hydrogens is 1390 g/mol. The van der Waals surface area contributed by atoms with E-state index in [1.54, 1.807) is 36.1 Å². The molecular formula is C101H64N10S. The minimum Gasteiger partial charge on any atom is -0.292 e. The van der Waals surface area contributed by atoms with Crippen molar-refractivity contribution in [1.82, 2.24) is 49.4 Å². The van der Waals surface area contributed by atoms with Crippen LogP contribution in [0.5, 0.6) is 0 Å². The number of aromatic nitrogens is 10. The minimum atomic E-state index is 0.733. The first-order chi connectivity index (χ1) is 55.5. The van der Waals surface area contributed by atoms with E-state index in [9.17, 15) is 0 Å². The molecule has 0 aliphatic carbocycles. The zero-order valence-corrected chi connectivity index (χ0v) is 61.1. The van der Waals surface area contributed by atoms with E-state index in [0.29, 0.717) is 0 Å². The summed E-state index contributed by atoms with van der Waals surface area (Å²) >= 11 is 1.76. The number of thiophene rings is 1. The maximum atomic E-state index is 5.14. The lowest BCUT2D eigenvalue weighted by Gasteiger charge is -2.12. The third-order valence-corrected chi connectivity index (χ3v) is 22.0. The standard InChI is InChI=1S/C35H21N3S.C34H22N4.C32H21N3/c1-2-9-22(10-3-1)32-34-33(29-15-6-7-16-31(29)39-34)38-35(37-32)25-13-8-12-23(19-25)24-17-18-28-27-14-5-4-11-26(27)21-36-30(28)20-24;1-2-7-30-28(4-1)22-37-34-19-27(8-9-31(30)34)25-5-3-6-26(18-25)29-20-32(23-10-14-35-15-11-23)38-33(21-29)24-12-16-36-17-13-24;1-2-12-26(13-3-1)35-31-16-7-6-15-29(31)34-32(35)24-11-8-10-22(19-24)23-17-18-28-27-14-5-4-9-25(27)21-33-30(28)20-23/h1-21H;1-22H;1-21H. The molecule has 10 nitrogen and oxygen atoms in total. The van der Waals surface area contributed by atoms with Gasteiger partial charge < -0.3 is 0 Å². The zero-order chi connectivity index (χ0) is 74.3. The molecule has 9 heterocycles. The van der Waals surface area contributed by atoms with Gasteiger partial charge in [0.15, 0.2) is 5.82 Å². The second kappa shape index (κ2) is 29.0. The molecule has 0 spiro atoms. The molecule has 0 N–H and O–H groups in total. The Labute approximate surface area is 648 Å². The van der Waals surface area contributed by atoms with E-state index in [2.05, 4.69) is 318 Å². The Morgan fingerprint density at radius 2 is 0.670 bits per heavy atom. The highest BCUT2D eigenvalue weighted by Crippen LogP contribution is 2.42. The molecule has 0 saturated heterocycles. The number of imidazole rings is 1. The largest absolute Gasteiger partial charge is 0.292 e. The number of para-hydroxylation sites is 3. The van der Waals surface area contributed by atoms with Gasteiger partial charge in [-0.15, -0.1) is 11.3 Å². The summed E-state index contributed by atoms with van der Waals surface area (Å²) in [7, 11) is 0. The molecule has 9 aromatic heterocycles. The van der Waals surface area contributed by atoms with Gasteiger partial charge in [0, 0.05) is 119 Å². The van der Waals surface area contributed by atoms with Crippen LogP contribution in [-0.4, -0.2) is 49.4 Å². The molecule has 0 aliphatic rings. The van der Waals surface area contributed by atoms with Crippen LogP contribution >= 0.6 is 11.3 Å². The maximum absolute atomic E-state index is 5.14. The van der Waals surface area contributed by atoms with Crippen molar-refractivity contribution in [1.29, 1.82) is 0 Å². The van der Waals surface area contributed by atoms with Crippen molar-refractivity contribution in [3.63, 3.8) is 0 Å². The van der Waals surface area contributed by atoms with Gasteiger partial charge in [0.25, 0.3) is 0 Å². The quantitative estimate of drug-likeness (QED) is 0.123. The topological polar surface area (TPSA) is 121 Å². The van der Waals surface area contributed by atoms with Gasteiger partial charge in [0.1, 0.15) is 5.82 Å². The molecule has 0 atom stereocenters. The van der Waals surface area contributed by atoms with Crippen molar-refractivity contribution in [2.24, 2.45) is 0 Å². The first-order valence-corrected chi connectivity index (χ1v) is 38.1. The van der Waals surface area contributed by atoms with Crippen molar-refractivity contribution in [3.8, 4) is 107 Å². The third-order valence-electron chi connectivity index (χ3n) is 20.8. The lowest BCUT2D eigenvalue weighted by molar-refractivity contribution is 1.10. The second-order valence-corrected chi connectivity index (χ2v) is 28.8. The van der Waals surface area contributed by atoms with Crippen molar-refractivity contribution in [2.45, 2.75) is 0 Å². The minimum absolute atomic E-state index is 0.733. The van der Waals surface area contributed by atoms with Crippen LogP contribution < -0.4 is 0 Å². The zero-order valence-electron chi connectivity index (χ0n) is 60.3. The molecule has 22 aromatic rings. The molecule has 0 amide bonds. The molecule has 0 aliphatic heterocycles. The van der Waals surface area contributed by atoms with Crippen molar-refractivity contribution in [3.05, 3.63) is 389 Å². The van der Waals surface area contributed by atoms with E-state index in [1.165, 1.54) is 42.4 Å². The van der Waals surface area contributed by atoms with Crippen molar-refractivity contribution >= 4 is 108 Å². The van der Waals surface area contributed by atoms with E-state index in [4.69, 9.17) is 34.9 Å². The van der Waals surface area contributed by atoms with Gasteiger partial charge >= 0.3 is 0 Å². The summed E-state index contributed by atoms with van der Waals surface area (Å²) in [6.45, 7) is 0. The summed E-state index contributed by atoms with van der Waals surface area (Å²) in [5.41, 5.74) is 24.2. The molecule has 0 bridgehead atoms. The Morgan fingerprint density at radius 3 is 1.21 bits per heavy atom. The summed E-state index contributed by atoms with van der Waals surface area (Å²) in [5.74, 6) is 1.67. The fraction of sp³-hybridized carbons (Fsp3) is 0. The fourth-order valence-corrected chi connectivity index (χ4v) is 16.4. The molecule has 22 rings (SSSR count).